The van der Waals surface area contributed by atoms with E-state index < -0.39 is 0 Å². The third-order valence-electron chi connectivity index (χ3n) is 5.73. The van der Waals surface area contributed by atoms with Crippen LogP contribution in [0.4, 0.5) is 15.2 Å². The lowest BCUT2D eigenvalue weighted by Gasteiger charge is -2.33. The number of hydrogen-bond donors (Lipinski definition) is 1. The van der Waals surface area contributed by atoms with Gasteiger partial charge in [-0.1, -0.05) is 52.9 Å². The summed E-state index contributed by atoms with van der Waals surface area (Å²) < 4.78 is 21.8. The molecule has 0 bridgehead atoms. The Kier molecular flexibility index (Phi) is 6.77. The Bertz CT molecular complexity index is 1330. The van der Waals surface area contributed by atoms with Crippen LogP contribution in [0.25, 0.3) is 11.4 Å². The summed E-state index contributed by atoms with van der Waals surface area (Å²) in [6, 6.07) is 14.5. The van der Waals surface area contributed by atoms with Gasteiger partial charge in [0.05, 0.1) is 18.9 Å². The molecule has 0 saturated carbocycles. The number of para-hydroxylation sites is 1. The zero-order chi connectivity index (χ0) is 23.5. The Labute approximate surface area is 205 Å². The first-order valence-electron chi connectivity index (χ1n) is 11.0. The van der Waals surface area contributed by atoms with Crippen molar-refractivity contribution < 1.29 is 8.91 Å². The van der Waals surface area contributed by atoms with Crippen LogP contribution in [0.3, 0.4) is 0 Å². The molecule has 1 saturated heterocycles. The Hall–Kier alpha value is -2.99. The predicted molar refractivity (Wildman–Crippen MR) is 132 cm³/mol. The van der Waals surface area contributed by atoms with Crippen molar-refractivity contribution in [2.24, 2.45) is 0 Å². The molecule has 1 N–H and O–H groups in total. The number of aryl methyl sites for hydroxylation is 1. The average molecular weight is 498 g/mol. The number of aromatic nitrogens is 4. The van der Waals surface area contributed by atoms with E-state index in [-0.39, 0.29) is 5.82 Å². The van der Waals surface area contributed by atoms with Crippen LogP contribution in [-0.4, -0.2) is 55.9 Å². The standard InChI is InChI=1S/C23H24FN7OS2/c1-16-6-2-3-7-17(16)21-26-20(32-28-21)14-29-10-12-30(13-11-29)15-31-23(33)34-22(27-31)25-19-9-5-4-8-18(19)24/h2-9H,10-15H2,1H3,(H,25,27). The number of benzene rings is 2. The van der Waals surface area contributed by atoms with Crippen molar-refractivity contribution in [1.29, 1.82) is 0 Å². The maximum atomic E-state index is 13.9. The number of nitrogens with one attached hydrogen (secondary N) is 1. The van der Waals surface area contributed by atoms with Gasteiger partial charge in [0.1, 0.15) is 5.82 Å². The van der Waals surface area contributed by atoms with Crippen molar-refractivity contribution in [3.05, 3.63) is 69.8 Å². The largest absolute Gasteiger partial charge is 0.338 e. The Morgan fingerprint density at radius 3 is 2.59 bits per heavy atom. The second-order valence-electron chi connectivity index (χ2n) is 8.14. The quantitative estimate of drug-likeness (QED) is 0.369. The van der Waals surface area contributed by atoms with Gasteiger partial charge in [0.15, 0.2) is 3.95 Å². The van der Waals surface area contributed by atoms with Crippen molar-refractivity contribution in [1.82, 2.24) is 29.7 Å². The molecular formula is C23H24FN7OS2. The summed E-state index contributed by atoms with van der Waals surface area (Å²) in [4.78, 5) is 9.18. The van der Waals surface area contributed by atoms with E-state index >= 15 is 0 Å². The molecule has 5 rings (SSSR count). The smallest absolute Gasteiger partial charge is 0.241 e. The first-order chi connectivity index (χ1) is 16.5. The molecule has 176 valence electrons. The van der Waals surface area contributed by atoms with Crippen molar-refractivity contribution in [3.63, 3.8) is 0 Å². The minimum Gasteiger partial charge on any atom is -0.338 e. The number of hydrogen-bond acceptors (Lipinski definition) is 9. The fraction of sp³-hybridized carbons (Fsp3) is 0.304. The summed E-state index contributed by atoms with van der Waals surface area (Å²) >= 11 is 6.81. The average Bonchev–Trinajstić information content (AvgIpc) is 3.43. The van der Waals surface area contributed by atoms with Gasteiger partial charge in [-0.2, -0.15) is 4.98 Å². The Balaban J connectivity index is 1.15. The van der Waals surface area contributed by atoms with Crippen molar-refractivity contribution in [2.45, 2.75) is 20.1 Å². The van der Waals surface area contributed by atoms with Crippen LogP contribution in [-0.2, 0) is 13.2 Å². The maximum absolute atomic E-state index is 13.9. The first-order valence-corrected chi connectivity index (χ1v) is 12.2. The highest BCUT2D eigenvalue weighted by Crippen LogP contribution is 2.23. The molecule has 3 heterocycles. The second-order valence-corrected chi connectivity index (χ2v) is 9.76. The van der Waals surface area contributed by atoms with E-state index in [4.69, 9.17) is 16.7 Å². The van der Waals surface area contributed by atoms with Crippen LogP contribution in [0, 0.1) is 16.7 Å². The molecule has 4 aromatic rings. The van der Waals surface area contributed by atoms with Gasteiger partial charge < -0.3 is 9.84 Å². The molecule has 0 spiro atoms. The molecule has 0 radical (unpaired) electrons. The molecule has 0 amide bonds. The lowest BCUT2D eigenvalue weighted by Crippen LogP contribution is -2.46. The number of rotatable bonds is 7. The summed E-state index contributed by atoms with van der Waals surface area (Å²) in [6.07, 6.45) is 0. The van der Waals surface area contributed by atoms with E-state index in [1.807, 2.05) is 31.2 Å². The number of nitrogens with zero attached hydrogens (tertiary/aromatic N) is 6. The minimum atomic E-state index is -0.321. The van der Waals surface area contributed by atoms with Crippen LogP contribution in [0.1, 0.15) is 11.5 Å². The summed E-state index contributed by atoms with van der Waals surface area (Å²) in [5, 5.41) is 12.3. The van der Waals surface area contributed by atoms with E-state index in [9.17, 15) is 4.39 Å². The van der Waals surface area contributed by atoms with E-state index in [1.54, 1.807) is 22.9 Å². The summed E-state index contributed by atoms with van der Waals surface area (Å²) in [5.41, 5.74) is 2.50. The lowest BCUT2D eigenvalue weighted by atomic mass is 10.1. The molecule has 0 aliphatic carbocycles. The number of piperazine rings is 1. The zero-order valence-corrected chi connectivity index (χ0v) is 20.3. The van der Waals surface area contributed by atoms with E-state index in [1.165, 1.54) is 17.4 Å². The van der Waals surface area contributed by atoms with E-state index in [2.05, 4.69) is 30.4 Å². The van der Waals surface area contributed by atoms with Gasteiger partial charge in [-0.3, -0.25) is 9.80 Å². The fourth-order valence-electron chi connectivity index (χ4n) is 3.85. The molecule has 34 heavy (non-hydrogen) atoms. The van der Waals surface area contributed by atoms with E-state index in [0.717, 1.165) is 37.3 Å². The maximum Gasteiger partial charge on any atom is 0.241 e. The van der Waals surface area contributed by atoms with Gasteiger partial charge in [0.2, 0.25) is 16.8 Å². The molecule has 8 nitrogen and oxygen atoms in total. The van der Waals surface area contributed by atoms with Gasteiger partial charge >= 0.3 is 0 Å². The fourth-order valence-corrected chi connectivity index (χ4v) is 4.85. The molecule has 11 heteroatoms. The Morgan fingerprint density at radius 1 is 1.06 bits per heavy atom. The van der Waals surface area contributed by atoms with Crippen molar-refractivity contribution in [3.8, 4) is 11.4 Å². The predicted octanol–water partition coefficient (Wildman–Crippen LogP) is 4.69. The van der Waals surface area contributed by atoms with Crippen molar-refractivity contribution >= 4 is 34.4 Å². The molecule has 2 aromatic heterocycles. The molecule has 0 unspecified atom stereocenters. The second kappa shape index (κ2) is 10.1. The van der Waals surface area contributed by atoms with Crippen LogP contribution in [0.5, 0.6) is 0 Å². The summed E-state index contributed by atoms with van der Waals surface area (Å²) in [7, 11) is 0. The van der Waals surface area contributed by atoms with Crippen LogP contribution < -0.4 is 5.32 Å². The van der Waals surface area contributed by atoms with Crippen LogP contribution in [0.2, 0.25) is 0 Å². The van der Waals surface area contributed by atoms with Crippen molar-refractivity contribution in [2.75, 3.05) is 31.5 Å². The zero-order valence-electron chi connectivity index (χ0n) is 18.6. The van der Waals surface area contributed by atoms with Gasteiger partial charge in [-0.15, -0.1) is 5.10 Å². The molecule has 1 aliphatic heterocycles. The molecule has 1 aliphatic rings. The highest BCUT2D eigenvalue weighted by molar-refractivity contribution is 7.73. The third-order valence-corrected chi connectivity index (χ3v) is 6.96. The van der Waals surface area contributed by atoms with Gasteiger partial charge in [-0.05, 0) is 36.8 Å². The minimum absolute atomic E-state index is 0.321. The molecule has 0 atom stereocenters. The molecular weight excluding hydrogens is 473 g/mol. The SMILES string of the molecule is Cc1ccccc1-c1noc(CN2CCN(Cn3nc(Nc4ccccc4F)sc3=S)CC2)n1. The third kappa shape index (κ3) is 5.22. The topological polar surface area (TPSA) is 75.2 Å². The first kappa shape index (κ1) is 22.8. The number of anilines is 2. The summed E-state index contributed by atoms with van der Waals surface area (Å²) in [6.45, 7) is 6.75. The van der Waals surface area contributed by atoms with Gasteiger partial charge in [-0.25, -0.2) is 9.07 Å². The van der Waals surface area contributed by atoms with Gasteiger partial charge in [0, 0.05) is 31.7 Å². The summed E-state index contributed by atoms with van der Waals surface area (Å²) in [5.74, 6) is 0.931. The molecule has 1 fully saturated rings. The Morgan fingerprint density at radius 2 is 1.79 bits per heavy atom. The normalized spacial score (nSPS) is 15.0. The van der Waals surface area contributed by atoms with E-state index in [0.29, 0.717) is 39.7 Å². The van der Waals surface area contributed by atoms with Crippen LogP contribution in [0.15, 0.2) is 53.1 Å². The van der Waals surface area contributed by atoms with Crippen LogP contribution >= 0.6 is 23.6 Å². The molecule has 2 aromatic carbocycles. The monoisotopic (exact) mass is 497 g/mol. The number of halogens is 1. The lowest BCUT2D eigenvalue weighted by molar-refractivity contribution is 0.0912. The highest BCUT2D eigenvalue weighted by atomic mass is 32.1. The van der Waals surface area contributed by atoms with Gasteiger partial charge in [0.25, 0.3) is 0 Å². The highest BCUT2D eigenvalue weighted by Gasteiger charge is 2.21.